The minimum absolute atomic E-state index is 0.0705. The van der Waals surface area contributed by atoms with Gasteiger partial charge in [-0.2, -0.15) is 0 Å². The van der Waals surface area contributed by atoms with Crippen LogP contribution in [0.4, 0.5) is 0 Å². The number of hydrogen-bond donors (Lipinski definition) is 3. The molecule has 17 heavy (non-hydrogen) atoms. The summed E-state index contributed by atoms with van der Waals surface area (Å²) in [7, 11) is 0. The molecule has 0 bridgehead atoms. The Kier molecular flexibility index (Phi) is 6.58. The van der Waals surface area contributed by atoms with E-state index in [0.717, 1.165) is 0 Å². The van der Waals surface area contributed by atoms with Gasteiger partial charge in [-0.25, -0.2) is 0 Å². The maximum absolute atomic E-state index is 10.0. The number of rotatable bonds is 7. The van der Waals surface area contributed by atoms with Crippen LogP contribution in [0.2, 0.25) is 0 Å². The van der Waals surface area contributed by atoms with Crippen molar-refractivity contribution in [3.05, 3.63) is 0 Å². The first-order chi connectivity index (χ1) is 7.64. The fourth-order valence-corrected chi connectivity index (χ4v) is 1.17. The van der Waals surface area contributed by atoms with Gasteiger partial charge in [0.15, 0.2) is 0 Å². The van der Waals surface area contributed by atoms with E-state index in [1.54, 1.807) is 0 Å². The van der Waals surface area contributed by atoms with Gasteiger partial charge in [0.2, 0.25) is 5.79 Å². The van der Waals surface area contributed by atoms with E-state index in [4.69, 9.17) is 9.47 Å². The number of ether oxygens (including phenoxy) is 2. The monoisotopic (exact) mass is 250 g/mol. The van der Waals surface area contributed by atoms with Crippen LogP contribution in [-0.4, -0.2) is 53.1 Å². The molecule has 3 N–H and O–H groups in total. The smallest absolute Gasteiger partial charge is 0.213 e. The van der Waals surface area contributed by atoms with Crippen molar-refractivity contribution in [3.8, 4) is 0 Å². The molecule has 5 nitrogen and oxygen atoms in total. The standard InChI is InChI=1S/C12H26O5/c1-9(2)16-8-12(15,7-14)17-10(6-13)11(3,4)5/h9-10,13-15H,6-8H2,1-5H3. The van der Waals surface area contributed by atoms with Gasteiger partial charge in [-0.15, -0.1) is 0 Å². The summed E-state index contributed by atoms with van der Waals surface area (Å²) in [6, 6.07) is 0. The third-order valence-corrected chi connectivity index (χ3v) is 2.38. The van der Waals surface area contributed by atoms with E-state index >= 15 is 0 Å². The van der Waals surface area contributed by atoms with Crippen molar-refractivity contribution < 1.29 is 24.8 Å². The molecule has 0 rings (SSSR count). The highest BCUT2D eigenvalue weighted by Gasteiger charge is 2.36. The van der Waals surface area contributed by atoms with Gasteiger partial charge < -0.3 is 24.8 Å². The highest BCUT2D eigenvalue weighted by atomic mass is 16.7. The molecule has 0 aliphatic carbocycles. The molecule has 0 saturated carbocycles. The van der Waals surface area contributed by atoms with Crippen molar-refractivity contribution in [3.63, 3.8) is 0 Å². The fourth-order valence-electron chi connectivity index (χ4n) is 1.17. The molecule has 2 atom stereocenters. The van der Waals surface area contributed by atoms with Crippen molar-refractivity contribution in [2.24, 2.45) is 5.41 Å². The Labute approximate surface area is 103 Å². The van der Waals surface area contributed by atoms with Gasteiger partial charge in [0.1, 0.15) is 6.61 Å². The summed E-state index contributed by atoms with van der Waals surface area (Å²) in [6.45, 7) is 8.36. The van der Waals surface area contributed by atoms with Crippen LogP contribution in [0, 0.1) is 5.41 Å². The van der Waals surface area contributed by atoms with Gasteiger partial charge in [0.05, 0.1) is 25.4 Å². The topological polar surface area (TPSA) is 79.2 Å². The third-order valence-electron chi connectivity index (χ3n) is 2.38. The lowest BCUT2D eigenvalue weighted by Crippen LogP contribution is -2.49. The Hall–Kier alpha value is -0.200. The van der Waals surface area contributed by atoms with E-state index in [9.17, 15) is 15.3 Å². The second-order valence-corrected chi connectivity index (χ2v) is 5.62. The van der Waals surface area contributed by atoms with Crippen molar-refractivity contribution in [1.29, 1.82) is 0 Å². The molecule has 0 fully saturated rings. The minimum Gasteiger partial charge on any atom is -0.394 e. The van der Waals surface area contributed by atoms with E-state index in [-0.39, 0.29) is 24.7 Å². The molecule has 0 spiro atoms. The molecule has 5 heteroatoms. The predicted molar refractivity (Wildman–Crippen MR) is 64.5 cm³/mol. The van der Waals surface area contributed by atoms with Crippen LogP contribution in [-0.2, 0) is 9.47 Å². The lowest BCUT2D eigenvalue weighted by molar-refractivity contribution is -0.291. The Bertz CT molecular complexity index is 211. The summed E-state index contributed by atoms with van der Waals surface area (Å²) in [5, 5.41) is 28.4. The highest BCUT2D eigenvalue weighted by molar-refractivity contribution is 4.78. The van der Waals surface area contributed by atoms with Crippen LogP contribution in [0.15, 0.2) is 0 Å². The molecule has 0 amide bonds. The van der Waals surface area contributed by atoms with Gasteiger partial charge in [-0.1, -0.05) is 20.8 Å². The molecule has 0 heterocycles. The first-order valence-electron chi connectivity index (χ1n) is 5.88. The van der Waals surface area contributed by atoms with E-state index in [1.165, 1.54) is 0 Å². The Morgan fingerprint density at radius 1 is 1.12 bits per heavy atom. The molecule has 0 aromatic carbocycles. The van der Waals surface area contributed by atoms with Crippen molar-refractivity contribution >= 4 is 0 Å². The molecule has 0 saturated heterocycles. The van der Waals surface area contributed by atoms with E-state index in [2.05, 4.69) is 0 Å². The molecule has 104 valence electrons. The normalized spacial score (nSPS) is 18.2. The van der Waals surface area contributed by atoms with Gasteiger partial charge in [0, 0.05) is 0 Å². The molecule has 0 aliphatic heterocycles. The van der Waals surface area contributed by atoms with Crippen LogP contribution in [0.1, 0.15) is 34.6 Å². The molecule has 0 radical (unpaired) electrons. The van der Waals surface area contributed by atoms with E-state index in [0.29, 0.717) is 0 Å². The Morgan fingerprint density at radius 3 is 1.94 bits per heavy atom. The molecule has 0 aromatic heterocycles. The maximum atomic E-state index is 10.0. The molecular formula is C12H26O5. The summed E-state index contributed by atoms with van der Waals surface area (Å²) in [4.78, 5) is 0. The zero-order chi connectivity index (χ0) is 13.7. The Morgan fingerprint density at radius 2 is 1.65 bits per heavy atom. The molecule has 0 aliphatic rings. The molecular weight excluding hydrogens is 224 g/mol. The zero-order valence-electron chi connectivity index (χ0n) is 11.4. The maximum Gasteiger partial charge on any atom is 0.213 e. The van der Waals surface area contributed by atoms with Crippen LogP contribution >= 0.6 is 0 Å². The number of aliphatic hydroxyl groups is 3. The summed E-state index contributed by atoms with van der Waals surface area (Å²) in [6.07, 6.45) is -0.644. The first-order valence-corrected chi connectivity index (χ1v) is 5.88. The van der Waals surface area contributed by atoms with E-state index < -0.39 is 18.5 Å². The average Bonchev–Trinajstić information content (AvgIpc) is 2.21. The largest absolute Gasteiger partial charge is 0.394 e. The van der Waals surface area contributed by atoms with Gasteiger partial charge in [-0.05, 0) is 19.3 Å². The number of hydrogen-bond acceptors (Lipinski definition) is 5. The van der Waals surface area contributed by atoms with Gasteiger partial charge in [0.25, 0.3) is 0 Å². The van der Waals surface area contributed by atoms with Crippen LogP contribution in [0.25, 0.3) is 0 Å². The zero-order valence-corrected chi connectivity index (χ0v) is 11.4. The van der Waals surface area contributed by atoms with E-state index in [1.807, 2.05) is 34.6 Å². The van der Waals surface area contributed by atoms with Crippen molar-refractivity contribution in [1.82, 2.24) is 0 Å². The third kappa shape index (κ3) is 6.33. The first kappa shape index (κ1) is 16.8. The fraction of sp³-hybridized carbons (Fsp3) is 1.00. The average molecular weight is 250 g/mol. The van der Waals surface area contributed by atoms with Crippen LogP contribution in [0.5, 0.6) is 0 Å². The van der Waals surface area contributed by atoms with Gasteiger partial charge >= 0.3 is 0 Å². The second kappa shape index (κ2) is 6.66. The summed E-state index contributed by atoms with van der Waals surface area (Å²) < 4.78 is 10.6. The van der Waals surface area contributed by atoms with Crippen LogP contribution < -0.4 is 0 Å². The predicted octanol–water partition coefficient (Wildman–Crippen LogP) is 0.516. The lowest BCUT2D eigenvalue weighted by Gasteiger charge is -2.36. The summed E-state index contributed by atoms with van der Waals surface area (Å²) in [5.41, 5.74) is -0.338. The summed E-state index contributed by atoms with van der Waals surface area (Å²) in [5.74, 6) is -1.77. The summed E-state index contributed by atoms with van der Waals surface area (Å²) >= 11 is 0. The minimum atomic E-state index is -1.77. The van der Waals surface area contributed by atoms with Crippen molar-refractivity contribution in [2.75, 3.05) is 19.8 Å². The second-order valence-electron chi connectivity index (χ2n) is 5.62. The lowest BCUT2D eigenvalue weighted by atomic mass is 9.89. The highest BCUT2D eigenvalue weighted by Crippen LogP contribution is 2.25. The van der Waals surface area contributed by atoms with Gasteiger partial charge in [-0.3, -0.25) is 0 Å². The Balaban J connectivity index is 4.54. The molecule has 2 unspecified atom stereocenters. The molecule has 0 aromatic rings. The number of aliphatic hydroxyl groups excluding tert-OH is 2. The quantitative estimate of drug-likeness (QED) is 0.574. The van der Waals surface area contributed by atoms with Crippen molar-refractivity contribution in [2.45, 2.75) is 52.6 Å². The SMILES string of the molecule is CC(C)OCC(O)(CO)OC(CO)C(C)(C)C. The van der Waals surface area contributed by atoms with Crippen LogP contribution in [0.3, 0.4) is 0 Å².